The maximum absolute atomic E-state index is 12.5. The molecule has 0 radical (unpaired) electrons. The lowest BCUT2D eigenvalue weighted by Gasteiger charge is -2.19. The van der Waals surface area contributed by atoms with Crippen LogP contribution in [0.4, 0.5) is 11.4 Å². The minimum absolute atomic E-state index is 0.0117. The summed E-state index contributed by atoms with van der Waals surface area (Å²) in [5, 5.41) is 14.1. The Kier molecular flexibility index (Phi) is 7.22. The molecule has 0 saturated carbocycles. The van der Waals surface area contributed by atoms with Gasteiger partial charge in [0, 0.05) is 35.5 Å². The van der Waals surface area contributed by atoms with E-state index in [4.69, 9.17) is 14.2 Å². The van der Waals surface area contributed by atoms with Gasteiger partial charge in [0.25, 0.3) is 11.6 Å². The molecule has 0 aliphatic rings. The second-order valence-corrected chi connectivity index (χ2v) is 7.88. The molecule has 166 valence electrons. The lowest BCUT2D eigenvalue weighted by atomic mass is 9.85. The van der Waals surface area contributed by atoms with Crippen LogP contribution in [0.25, 0.3) is 0 Å². The van der Waals surface area contributed by atoms with Crippen molar-refractivity contribution in [3.05, 3.63) is 57.6 Å². The maximum atomic E-state index is 12.5. The highest BCUT2D eigenvalue weighted by atomic mass is 16.6. The summed E-state index contributed by atoms with van der Waals surface area (Å²) in [5.74, 6) is -0.463. The first kappa shape index (κ1) is 23.7. The predicted molar refractivity (Wildman–Crippen MR) is 115 cm³/mol. The molecule has 1 amide bonds. The van der Waals surface area contributed by atoms with Gasteiger partial charge < -0.3 is 19.5 Å². The van der Waals surface area contributed by atoms with Gasteiger partial charge in [0.05, 0.1) is 24.7 Å². The molecule has 9 nitrogen and oxygen atoms in total. The van der Waals surface area contributed by atoms with Crippen LogP contribution in [0.1, 0.15) is 43.6 Å². The highest BCUT2D eigenvalue weighted by Crippen LogP contribution is 2.32. The van der Waals surface area contributed by atoms with E-state index in [1.165, 1.54) is 39.3 Å². The van der Waals surface area contributed by atoms with Crippen LogP contribution < -0.4 is 14.8 Å². The number of nitrogens with one attached hydrogen (secondary N) is 1. The highest BCUT2D eigenvalue weighted by molar-refractivity contribution is 5.97. The van der Waals surface area contributed by atoms with Gasteiger partial charge >= 0.3 is 5.97 Å². The van der Waals surface area contributed by atoms with E-state index in [1.54, 1.807) is 18.2 Å². The molecule has 31 heavy (non-hydrogen) atoms. The van der Waals surface area contributed by atoms with Crippen LogP contribution in [0.3, 0.4) is 0 Å². The summed E-state index contributed by atoms with van der Waals surface area (Å²) in [6.45, 7) is 6.93. The Balaban J connectivity index is 2.16. The minimum atomic E-state index is -1.15. The summed E-state index contributed by atoms with van der Waals surface area (Å²) in [5.41, 5.74) is 0.224. The van der Waals surface area contributed by atoms with Crippen LogP contribution in [0.2, 0.25) is 0 Å². The van der Waals surface area contributed by atoms with Crippen molar-refractivity contribution in [2.24, 2.45) is 0 Å². The molecule has 1 N–H and O–H groups in total. The van der Waals surface area contributed by atoms with Crippen molar-refractivity contribution in [3.63, 3.8) is 0 Å². The van der Waals surface area contributed by atoms with Gasteiger partial charge in [-0.1, -0.05) is 26.8 Å². The van der Waals surface area contributed by atoms with Gasteiger partial charge in [-0.15, -0.1) is 0 Å². The number of carbonyl (C=O) groups is 2. The predicted octanol–water partition coefficient (Wildman–Crippen LogP) is 4.09. The first-order valence-corrected chi connectivity index (χ1v) is 9.50. The van der Waals surface area contributed by atoms with E-state index in [9.17, 15) is 19.7 Å². The van der Waals surface area contributed by atoms with Gasteiger partial charge in [-0.05, 0) is 18.4 Å². The normalized spacial score (nSPS) is 11.9. The first-order chi connectivity index (χ1) is 14.5. The van der Waals surface area contributed by atoms with Crippen molar-refractivity contribution >= 4 is 23.3 Å². The number of hydrogen-bond donors (Lipinski definition) is 1. The molecular weight excluding hydrogens is 404 g/mol. The molecule has 0 bridgehead atoms. The fourth-order valence-electron chi connectivity index (χ4n) is 2.85. The molecular formula is C22H26N2O7. The third-order valence-electron chi connectivity index (χ3n) is 4.51. The Bertz CT molecular complexity index is 974. The molecule has 1 atom stereocenters. The van der Waals surface area contributed by atoms with Crippen molar-refractivity contribution < 1.29 is 28.7 Å². The molecule has 2 aromatic rings. The molecule has 0 fully saturated rings. The smallest absolute Gasteiger partial charge is 0.339 e. The number of benzene rings is 2. The van der Waals surface area contributed by atoms with E-state index in [2.05, 4.69) is 5.32 Å². The molecule has 0 saturated heterocycles. The summed E-state index contributed by atoms with van der Waals surface area (Å²) >= 11 is 0. The molecule has 0 aromatic heterocycles. The average molecular weight is 430 g/mol. The van der Waals surface area contributed by atoms with Crippen molar-refractivity contribution in [2.75, 3.05) is 19.5 Å². The van der Waals surface area contributed by atoms with Gasteiger partial charge in [-0.25, -0.2) is 4.79 Å². The van der Waals surface area contributed by atoms with E-state index in [0.717, 1.165) is 0 Å². The minimum Gasteiger partial charge on any atom is -0.497 e. The average Bonchev–Trinajstić information content (AvgIpc) is 2.71. The zero-order chi connectivity index (χ0) is 23.3. The van der Waals surface area contributed by atoms with Crippen LogP contribution in [-0.2, 0) is 14.9 Å². The van der Waals surface area contributed by atoms with Gasteiger partial charge in [0.2, 0.25) is 0 Å². The van der Waals surface area contributed by atoms with Gasteiger partial charge in [0.1, 0.15) is 11.5 Å². The number of nitro benzene ring substituents is 1. The summed E-state index contributed by atoms with van der Waals surface area (Å²) in [6.07, 6.45) is -1.15. The number of amides is 1. The van der Waals surface area contributed by atoms with Crippen LogP contribution >= 0.6 is 0 Å². The van der Waals surface area contributed by atoms with Crippen molar-refractivity contribution in [1.82, 2.24) is 0 Å². The van der Waals surface area contributed by atoms with Crippen molar-refractivity contribution in [3.8, 4) is 11.5 Å². The van der Waals surface area contributed by atoms with E-state index in [-0.39, 0.29) is 11.3 Å². The maximum Gasteiger partial charge on any atom is 0.339 e. The molecule has 1 unspecified atom stereocenters. The largest absolute Gasteiger partial charge is 0.497 e. The van der Waals surface area contributed by atoms with Crippen LogP contribution in [0.15, 0.2) is 36.4 Å². The number of rotatable bonds is 7. The number of hydrogen-bond acceptors (Lipinski definition) is 7. The SMILES string of the molecule is COc1cc(NC(=O)C(C)OC(=O)c2ccc(C(C)(C)C)c([N+](=O)[O-])c2)cc(OC)c1. The van der Waals surface area contributed by atoms with Gasteiger partial charge in [-0.2, -0.15) is 0 Å². The summed E-state index contributed by atoms with van der Waals surface area (Å²) < 4.78 is 15.5. The van der Waals surface area contributed by atoms with E-state index in [0.29, 0.717) is 22.7 Å². The summed E-state index contributed by atoms with van der Waals surface area (Å²) in [6, 6.07) is 8.97. The first-order valence-electron chi connectivity index (χ1n) is 9.50. The number of nitro groups is 1. The molecule has 0 spiro atoms. The topological polar surface area (TPSA) is 117 Å². The molecule has 0 aliphatic carbocycles. The summed E-state index contributed by atoms with van der Waals surface area (Å²) in [7, 11) is 2.96. The number of carbonyl (C=O) groups excluding carboxylic acids is 2. The fraction of sp³-hybridized carbons (Fsp3) is 0.364. The molecule has 0 heterocycles. The molecule has 2 rings (SSSR count). The third-order valence-corrected chi connectivity index (χ3v) is 4.51. The highest BCUT2D eigenvalue weighted by Gasteiger charge is 2.27. The third kappa shape index (κ3) is 5.94. The zero-order valence-corrected chi connectivity index (χ0v) is 18.3. The van der Waals surface area contributed by atoms with Crippen molar-refractivity contribution in [1.29, 1.82) is 0 Å². The number of methoxy groups -OCH3 is 2. The molecule has 9 heteroatoms. The fourth-order valence-corrected chi connectivity index (χ4v) is 2.85. The second kappa shape index (κ2) is 9.46. The second-order valence-electron chi connectivity index (χ2n) is 7.88. The van der Waals surface area contributed by atoms with Crippen LogP contribution in [-0.4, -0.2) is 37.1 Å². The quantitative estimate of drug-likeness (QED) is 0.399. The Hall–Kier alpha value is -3.62. The molecule has 2 aromatic carbocycles. The monoisotopic (exact) mass is 430 g/mol. The molecule has 0 aliphatic heterocycles. The standard InChI is InChI=1S/C22H26N2O7/c1-13(20(25)23-15-10-16(29-5)12-17(11-15)30-6)31-21(26)14-7-8-18(22(2,3)4)19(9-14)24(27)28/h7-13H,1-6H3,(H,23,25). The lowest BCUT2D eigenvalue weighted by molar-refractivity contribution is -0.386. The zero-order valence-electron chi connectivity index (χ0n) is 18.3. The number of anilines is 1. The van der Waals surface area contributed by atoms with E-state index >= 15 is 0 Å². The number of nitrogens with zero attached hydrogens (tertiary/aromatic N) is 1. The van der Waals surface area contributed by atoms with Gasteiger partial charge in [0.15, 0.2) is 6.10 Å². The summed E-state index contributed by atoms with van der Waals surface area (Å²) in [4.78, 5) is 35.9. The Labute approximate surface area is 180 Å². The Morgan fingerprint density at radius 3 is 2.10 bits per heavy atom. The van der Waals surface area contributed by atoms with Crippen LogP contribution in [0.5, 0.6) is 11.5 Å². The number of esters is 1. The Morgan fingerprint density at radius 1 is 1.03 bits per heavy atom. The lowest BCUT2D eigenvalue weighted by Crippen LogP contribution is -2.30. The van der Waals surface area contributed by atoms with E-state index < -0.39 is 28.3 Å². The van der Waals surface area contributed by atoms with E-state index in [1.807, 2.05) is 20.8 Å². The van der Waals surface area contributed by atoms with Gasteiger partial charge in [-0.3, -0.25) is 14.9 Å². The van der Waals surface area contributed by atoms with Crippen LogP contribution in [0, 0.1) is 10.1 Å². The number of ether oxygens (including phenoxy) is 3. The Morgan fingerprint density at radius 2 is 1.61 bits per heavy atom. The van der Waals surface area contributed by atoms with Crippen molar-refractivity contribution in [2.45, 2.75) is 39.2 Å².